The Morgan fingerprint density at radius 3 is 2.33 bits per heavy atom. The second kappa shape index (κ2) is 9.83. The van der Waals surface area contributed by atoms with Crippen molar-refractivity contribution in [3.63, 3.8) is 0 Å². The third-order valence-electron chi connectivity index (χ3n) is 5.42. The van der Waals surface area contributed by atoms with Crippen LogP contribution in [0.2, 0.25) is 0 Å². The number of amides is 2. The molecule has 1 aromatic heterocycles. The van der Waals surface area contributed by atoms with E-state index in [1.807, 2.05) is 0 Å². The highest BCUT2D eigenvalue weighted by Crippen LogP contribution is 2.37. The number of hydrogen-bond acceptors (Lipinski definition) is 7. The summed E-state index contributed by atoms with van der Waals surface area (Å²) >= 11 is 1.40. The highest BCUT2D eigenvalue weighted by molar-refractivity contribution is 7.16. The number of fused-ring (bicyclic) bond motifs is 1. The summed E-state index contributed by atoms with van der Waals surface area (Å²) < 4.78 is 9.81. The van der Waals surface area contributed by atoms with Crippen molar-refractivity contribution in [2.45, 2.75) is 25.2 Å². The zero-order chi connectivity index (χ0) is 23.4. The molecule has 8 nitrogen and oxygen atoms in total. The average Bonchev–Trinajstić information content (AvgIpc) is 3.26. The quantitative estimate of drug-likeness (QED) is 0.527. The molecule has 0 aliphatic heterocycles. The molecule has 1 heterocycles. The predicted octanol–water partition coefficient (Wildman–Crippen LogP) is 4.25. The molecule has 1 aliphatic rings. The maximum atomic E-state index is 13.0. The molecule has 2 N–H and O–H groups in total. The summed E-state index contributed by atoms with van der Waals surface area (Å²) in [6.45, 7) is 0. The number of thiazole rings is 1. The van der Waals surface area contributed by atoms with Gasteiger partial charge in [-0.3, -0.25) is 14.9 Å². The molecule has 0 radical (unpaired) electrons. The smallest absolute Gasteiger partial charge is 0.337 e. The minimum absolute atomic E-state index is 0.167. The topological polar surface area (TPSA) is 107 Å². The van der Waals surface area contributed by atoms with Crippen LogP contribution in [0.5, 0.6) is 5.75 Å². The van der Waals surface area contributed by atoms with Crippen molar-refractivity contribution in [1.29, 1.82) is 0 Å². The van der Waals surface area contributed by atoms with Gasteiger partial charge in [0.15, 0.2) is 5.13 Å². The van der Waals surface area contributed by atoms with Crippen LogP contribution >= 0.6 is 11.3 Å². The third-order valence-corrected chi connectivity index (χ3v) is 6.46. The first-order valence-electron chi connectivity index (χ1n) is 10.4. The summed E-state index contributed by atoms with van der Waals surface area (Å²) in [5.41, 5.74) is 2.20. The summed E-state index contributed by atoms with van der Waals surface area (Å²) in [6.07, 6.45) is 2.36. The van der Waals surface area contributed by atoms with E-state index >= 15 is 0 Å². The van der Waals surface area contributed by atoms with Gasteiger partial charge in [-0.25, -0.2) is 9.78 Å². The number of aromatic nitrogens is 1. The van der Waals surface area contributed by atoms with Crippen LogP contribution in [0.25, 0.3) is 0 Å². The van der Waals surface area contributed by atoms with E-state index in [-0.39, 0.29) is 11.8 Å². The van der Waals surface area contributed by atoms with E-state index in [1.165, 1.54) is 18.4 Å². The fourth-order valence-corrected chi connectivity index (χ4v) is 4.74. The molecule has 2 aromatic carbocycles. The summed E-state index contributed by atoms with van der Waals surface area (Å²) in [7, 11) is 2.89. The van der Waals surface area contributed by atoms with E-state index in [0.717, 1.165) is 17.7 Å². The van der Waals surface area contributed by atoms with Crippen LogP contribution in [-0.4, -0.2) is 37.0 Å². The maximum absolute atomic E-state index is 13.0. The summed E-state index contributed by atoms with van der Waals surface area (Å²) in [5.74, 6) is -0.603. The Hall–Kier alpha value is -3.72. The van der Waals surface area contributed by atoms with E-state index in [1.54, 1.807) is 55.6 Å². The van der Waals surface area contributed by atoms with Crippen molar-refractivity contribution in [3.05, 3.63) is 70.2 Å². The molecule has 2 amide bonds. The number of carbonyl (C=O) groups excluding carboxylic acids is 3. The van der Waals surface area contributed by atoms with Gasteiger partial charge in [0, 0.05) is 16.1 Å². The number of benzene rings is 2. The van der Waals surface area contributed by atoms with E-state index in [9.17, 15) is 14.4 Å². The van der Waals surface area contributed by atoms with Gasteiger partial charge in [-0.15, -0.1) is 11.3 Å². The molecule has 0 saturated carbocycles. The van der Waals surface area contributed by atoms with Gasteiger partial charge in [0.05, 0.1) is 31.4 Å². The number of aryl methyl sites for hydroxylation is 1. The highest BCUT2D eigenvalue weighted by atomic mass is 32.1. The Kier molecular flexibility index (Phi) is 6.69. The third kappa shape index (κ3) is 5.04. The first-order valence-corrected chi connectivity index (χ1v) is 11.2. The van der Waals surface area contributed by atoms with Gasteiger partial charge < -0.3 is 14.8 Å². The minimum Gasteiger partial charge on any atom is -0.497 e. The normalized spacial score (nSPS) is 14.7. The lowest BCUT2D eigenvalue weighted by Gasteiger charge is -2.20. The van der Waals surface area contributed by atoms with Gasteiger partial charge in [-0.2, -0.15) is 0 Å². The molecule has 0 bridgehead atoms. The molecular formula is C24H23N3O5S. The average molecular weight is 466 g/mol. The fourth-order valence-electron chi connectivity index (χ4n) is 3.68. The van der Waals surface area contributed by atoms with E-state index in [2.05, 4.69) is 15.6 Å². The van der Waals surface area contributed by atoms with Crippen molar-refractivity contribution < 1.29 is 23.9 Å². The number of ether oxygens (including phenoxy) is 2. The maximum Gasteiger partial charge on any atom is 0.337 e. The second-order valence-corrected chi connectivity index (χ2v) is 8.60. The first kappa shape index (κ1) is 22.5. The van der Waals surface area contributed by atoms with E-state index < -0.39 is 11.9 Å². The Labute approximate surface area is 194 Å². The van der Waals surface area contributed by atoms with Crippen molar-refractivity contribution in [2.75, 3.05) is 24.9 Å². The van der Waals surface area contributed by atoms with Gasteiger partial charge in [-0.1, -0.05) is 0 Å². The SMILES string of the molecule is COC(=O)c1ccc(NC(=O)C2CCCc3sc(NC(=O)c4ccc(OC)cc4)nc32)cc1. The van der Waals surface area contributed by atoms with Crippen molar-refractivity contribution in [3.8, 4) is 5.75 Å². The summed E-state index contributed by atoms with van der Waals surface area (Å²) in [6, 6.07) is 13.3. The number of nitrogens with one attached hydrogen (secondary N) is 2. The Bertz CT molecular complexity index is 1170. The monoisotopic (exact) mass is 465 g/mol. The largest absolute Gasteiger partial charge is 0.497 e. The molecule has 4 rings (SSSR count). The van der Waals surface area contributed by atoms with Gasteiger partial charge in [-0.05, 0) is 67.8 Å². The van der Waals surface area contributed by atoms with Crippen LogP contribution in [-0.2, 0) is 16.0 Å². The Morgan fingerprint density at radius 1 is 0.970 bits per heavy atom. The minimum atomic E-state index is -0.434. The molecule has 1 unspecified atom stereocenters. The molecule has 0 saturated heterocycles. The molecular weight excluding hydrogens is 442 g/mol. The summed E-state index contributed by atoms with van der Waals surface area (Å²) in [5, 5.41) is 6.21. The van der Waals surface area contributed by atoms with Crippen LogP contribution in [0, 0.1) is 0 Å². The highest BCUT2D eigenvalue weighted by Gasteiger charge is 2.30. The molecule has 0 spiro atoms. The lowest BCUT2D eigenvalue weighted by Crippen LogP contribution is -2.24. The van der Waals surface area contributed by atoms with Crippen molar-refractivity contribution >= 4 is 39.9 Å². The number of anilines is 2. The Balaban J connectivity index is 1.45. The number of nitrogens with zero attached hydrogens (tertiary/aromatic N) is 1. The number of hydrogen-bond donors (Lipinski definition) is 2. The van der Waals surface area contributed by atoms with Crippen LogP contribution in [0.4, 0.5) is 10.8 Å². The zero-order valence-corrected chi connectivity index (χ0v) is 19.0. The van der Waals surface area contributed by atoms with E-state index in [4.69, 9.17) is 9.47 Å². The standard InChI is InChI=1S/C24H23N3O5S/c1-31-17-12-8-14(9-13-17)21(28)27-24-26-20-18(4-3-5-19(20)33-24)22(29)25-16-10-6-15(7-11-16)23(30)32-2/h6-13,18H,3-5H2,1-2H3,(H,25,29)(H,26,27,28). The molecule has 3 aromatic rings. The first-order chi connectivity index (χ1) is 16.0. The number of methoxy groups -OCH3 is 2. The lowest BCUT2D eigenvalue weighted by atomic mass is 9.90. The van der Waals surface area contributed by atoms with Crippen LogP contribution in [0.1, 0.15) is 50.0 Å². The lowest BCUT2D eigenvalue weighted by molar-refractivity contribution is -0.117. The summed E-state index contributed by atoms with van der Waals surface area (Å²) in [4.78, 5) is 42.7. The fraction of sp³-hybridized carbons (Fsp3) is 0.250. The number of rotatable bonds is 6. The van der Waals surface area contributed by atoms with Crippen molar-refractivity contribution in [1.82, 2.24) is 4.98 Å². The molecule has 1 atom stereocenters. The predicted molar refractivity (Wildman–Crippen MR) is 125 cm³/mol. The van der Waals surface area contributed by atoms with Gasteiger partial charge in [0.1, 0.15) is 5.75 Å². The second-order valence-electron chi connectivity index (χ2n) is 7.51. The van der Waals surface area contributed by atoms with E-state index in [0.29, 0.717) is 39.8 Å². The van der Waals surface area contributed by atoms with Crippen LogP contribution in [0.3, 0.4) is 0 Å². The van der Waals surface area contributed by atoms with Crippen molar-refractivity contribution in [2.24, 2.45) is 0 Å². The van der Waals surface area contributed by atoms with Crippen LogP contribution < -0.4 is 15.4 Å². The molecule has 9 heteroatoms. The number of carbonyl (C=O) groups is 3. The molecule has 0 fully saturated rings. The Morgan fingerprint density at radius 2 is 1.67 bits per heavy atom. The number of esters is 1. The zero-order valence-electron chi connectivity index (χ0n) is 18.2. The molecule has 33 heavy (non-hydrogen) atoms. The molecule has 170 valence electrons. The molecule has 1 aliphatic carbocycles. The van der Waals surface area contributed by atoms with Gasteiger partial charge in [0.2, 0.25) is 5.91 Å². The van der Waals surface area contributed by atoms with Crippen LogP contribution in [0.15, 0.2) is 48.5 Å². The van der Waals surface area contributed by atoms with Gasteiger partial charge in [0.25, 0.3) is 5.91 Å². The van der Waals surface area contributed by atoms with Gasteiger partial charge >= 0.3 is 5.97 Å².